The lowest BCUT2D eigenvalue weighted by Gasteiger charge is -2.22. The highest BCUT2D eigenvalue weighted by atomic mass is 16.6. The van der Waals surface area contributed by atoms with Gasteiger partial charge in [0.1, 0.15) is 12.2 Å². The Bertz CT molecular complexity index is 809. The average molecular weight is 386 g/mol. The maximum atomic E-state index is 11.6. The van der Waals surface area contributed by atoms with E-state index >= 15 is 0 Å². The van der Waals surface area contributed by atoms with Crippen molar-refractivity contribution in [2.75, 3.05) is 0 Å². The van der Waals surface area contributed by atoms with Crippen molar-refractivity contribution < 1.29 is 38.9 Å². The summed E-state index contributed by atoms with van der Waals surface area (Å²) in [7, 11) is 0. The third kappa shape index (κ3) is 5.16. The quantitative estimate of drug-likeness (QED) is 0.754. The van der Waals surface area contributed by atoms with Gasteiger partial charge in [-0.05, 0) is 62.4 Å². The fourth-order valence-electron chi connectivity index (χ4n) is 2.16. The van der Waals surface area contributed by atoms with Crippen molar-refractivity contribution in [2.45, 2.75) is 26.1 Å². The monoisotopic (exact) mass is 386 g/mol. The predicted octanol–water partition coefficient (Wildman–Crippen LogP) is 2.87. The van der Waals surface area contributed by atoms with Gasteiger partial charge in [-0.25, -0.2) is 19.2 Å². The summed E-state index contributed by atoms with van der Waals surface area (Å²) in [5, 5.41) is 16.9. The second-order valence-corrected chi connectivity index (χ2v) is 5.99. The lowest BCUT2D eigenvalue weighted by molar-refractivity contribution is -0.0244. The van der Waals surface area contributed by atoms with Gasteiger partial charge in [0.2, 0.25) is 0 Å². The van der Waals surface area contributed by atoms with E-state index in [2.05, 4.69) is 0 Å². The molecule has 0 fully saturated rings. The lowest BCUT2D eigenvalue weighted by atomic mass is 10.1. The predicted molar refractivity (Wildman–Crippen MR) is 96.6 cm³/mol. The van der Waals surface area contributed by atoms with E-state index in [0.29, 0.717) is 11.1 Å². The van der Waals surface area contributed by atoms with Gasteiger partial charge in [-0.1, -0.05) is 0 Å². The van der Waals surface area contributed by atoms with Crippen molar-refractivity contribution in [1.82, 2.24) is 0 Å². The fourth-order valence-corrected chi connectivity index (χ4v) is 2.16. The standard InChI is InChI=1S/C12H12O4.C8H6O4/c1-7-8(2)16-12(14)10-5-3-9(4-6-10)11(13)15-7;9-7(10)5-1-2-6(4-3-5)8(11)12/h3-8H,1-2H3;1-4H,(H,9,10)(H,11,12). The Morgan fingerprint density at radius 1 is 0.679 bits per heavy atom. The number of aromatic carboxylic acids is 2. The van der Waals surface area contributed by atoms with Crippen molar-refractivity contribution in [3.05, 3.63) is 70.8 Å². The largest absolute Gasteiger partial charge is 0.478 e. The molecule has 4 rings (SSSR count). The fraction of sp³-hybridized carbons (Fsp3) is 0.200. The van der Waals surface area contributed by atoms with Crippen molar-refractivity contribution in [3.8, 4) is 0 Å². The van der Waals surface area contributed by atoms with Gasteiger partial charge in [-0.3, -0.25) is 0 Å². The van der Waals surface area contributed by atoms with Gasteiger partial charge in [-0.2, -0.15) is 0 Å². The number of hydrogen-bond donors (Lipinski definition) is 2. The zero-order valence-electron chi connectivity index (χ0n) is 15.1. The number of esters is 2. The molecule has 146 valence electrons. The summed E-state index contributed by atoms with van der Waals surface area (Å²) in [5.41, 5.74) is 1.05. The van der Waals surface area contributed by atoms with Crippen LogP contribution in [0.2, 0.25) is 0 Å². The van der Waals surface area contributed by atoms with Crippen molar-refractivity contribution in [2.24, 2.45) is 0 Å². The molecular weight excluding hydrogens is 368 g/mol. The smallest absolute Gasteiger partial charge is 0.338 e. The number of rotatable bonds is 2. The molecular formula is C20H18O8. The molecule has 2 bridgehead atoms. The SMILES string of the molecule is CC1OC(=O)c2ccc(cc2)C(=O)OC1C.O=C(O)c1ccc(C(=O)O)cc1. The molecule has 2 aliphatic heterocycles. The van der Waals surface area contributed by atoms with E-state index in [1.807, 2.05) is 0 Å². The first-order valence-corrected chi connectivity index (χ1v) is 8.27. The third-order valence-corrected chi connectivity index (χ3v) is 3.98. The molecule has 0 aromatic heterocycles. The van der Waals surface area contributed by atoms with Crippen LogP contribution >= 0.6 is 0 Å². The first-order chi connectivity index (χ1) is 13.2. The summed E-state index contributed by atoms with van der Waals surface area (Å²) in [4.78, 5) is 43.9. The summed E-state index contributed by atoms with van der Waals surface area (Å²) in [6, 6.07) is 11.3. The van der Waals surface area contributed by atoms with E-state index in [-0.39, 0.29) is 11.1 Å². The Morgan fingerprint density at radius 3 is 1.21 bits per heavy atom. The van der Waals surface area contributed by atoms with Gasteiger partial charge < -0.3 is 19.7 Å². The minimum atomic E-state index is -1.06. The summed E-state index contributed by atoms with van der Waals surface area (Å²) >= 11 is 0. The Labute approximate surface area is 160 Å². The van der Waals surface area contributed by atoms with Gasteiger partial charge in [0.15, 0.2) is 0 Å². The molecule has 2 unspecified atom stereocenters. The second kappa shape index (κ2) is 8.81. The molecule has 0 radical (unpaired) electrons. The third-order valence-electron chi connectivity index (χ3n) is 3.98. The zero-order chi connectivity index (χ0) is 20.8. The molecule has 0 aliphatic carbocycles. The number of benzene rings is 2. The van der Waals surface area contributed by atoms with Crippen LogP contribution in [-0.2, 0) is 9.47 Å². The maximum absolute atomic E-state index is 11.6. The number of ether oxygens (including phenoxy) is 2. The molecule has 28 heavy (non-hydrogen) atoms. The molecule has 2 aromatic carbocycles. The van der Waals surface area contributed by atoms with Gasteiger partial charge in [0, 0.05) is 0 Å². The Morgan fingerprint density at radius 2 is 0.964 bits per heavy atom. The normalized spacial score (nSPS) is 18.2. The van der Waals surface area contributed by atoms with Gasteiger partial charge >= 0.3 is 23.9 Å². The molecule has 0 saturated carbocycles. The average Bonchev–Trinajstić information content (AvgIpc) is 2.67. The van der Waals surface area contributed by atoms with Crippen LogP contribution in [0, 0.1) is 0 Å². The molecule has 0 saturated heterocycles. The van der Waals surface area contributed by atoms with Crippen LogP contribution in [0.3, 0.4) is 0 Å². The van der Waals surface area contributed by atoms with E-state index in [1.54, 1.807) is 38.1 Å². The molecule has 0 amide bonds. The van der Waals surface area contributed by atoms with Crippen LogP contribution in [-0.4, -0.2) is 46.3 Å². The summed E-state index contributed by atoms with van der Waals surface area (Å²) < 4.78 is 10.3. The maximum Gasteiger partial charge on any atom is 0.338 e. The number of carbonyl (C=O) groups is 4. The van der Waals surface area contributed by atoms with Crippen molar-refractivity contribution in [3.63, 3.8) is 0 Å². The van der Waals surface area contributed by atoms with E-state index in [0.717, 1.165) is 0 Å². The number of carbonyl (C=O) groups excluding carboxylic acids is 2. The first kappa shape index (κ1) is 20.6. The minimum absolute atomic E-state index is 0.0833. The van der Waals surface area contributed by atoms with E-state index in [1.165, 1.54) is 24.3 Å². The van der Waals surface area contributed by atoms with Crippen LogP contribution in [0.25, 0.3) is 0 Å². The van der Waals surface area contributed by atoms with Crippen LogP contribution in [0.5, 0.6) is 0 Å². The van der Waals surface area contributed by atoms with Crippen molar-refractivity contribution in [1.29, 1.82) is 0 Å². The van der Waals surface area contributed by atoms with Crippen LogP contribution in [0.1, 0.15) is 55.3 Å². The molecule has 2 aliphatic rings. The lowest BCUT2D eigenvalue weighted by Crippen LogP contribution is -2.31. The van der Waals surface area contributed by atoms with E-state index in [4.69, 9.17) is 19.7 Å². The molecule has 2 N–H and O–H groups in total. The molecule has 2 heterocycles. The zero-order valence-corrected chi connectivity index (χ0v) is 15.1. The first-order valence-electron chi connectivity index (χ1n) is 8.27. The topological polar surface area (TPSA) is 127 Å². The number of carboxylic acid groups (broad SMARTS) is 2. The van der Waals surface area contributed by atoms with Gasteiger partial charge in [0.25, 0.3) is 0 Å². The number of hydrogen-bond acceptors (Lipinski definition) is 6. The molecule has 0 spiro atoms. The van der Waals surface area contributed by atoms with E-state index < -0.39 is 36.1 Å². The second-order valence-electron chi connectivity index (χ2n) is 5.99. The molecule has 2 aromatic rings. The Kier molecular flexibility index (Phi) is 6.49. The Balaban J connectivity index is 0.000000209. The van der Waals surface area contributed by atoms with Crippen LogP contribution in [0.4, 0.5) is 0 Å². The molecule has 8 heteroatoms. The molecule has 2 atom stereocenters. The van der Waals surface area contributed by atoms with Gasteiger partial charge in [-0.15, -0.1) is 0 Å². The summed E-state index contributed by atoms with van der Waals surface area (Å²) in [5.74, 6) is -2.92. The van der Waals surface area contributed by atoms with Gasteiger partial charge in [0.05, 0.1) is 22.3 Å². The molecule has 8 nitrogen and oxygen atoms in total. The Hall–Kier alpha value is -3.68. The summed E-state index contributed by atoms with van der Waals surface area (Å²) in [6.45, 7) is 3.40. The minimum Gasteiger partial charge on any atom is -0.478 e. The van der Waals surface area contributed by atoms with Crippen LogP contribution in [0.15, 0.2) is 48.5 Å². The van der Waals surface area contributed by atoms with Crippen LogP contribution < -0.4 is 0 Å². The number of fused-ring (bicyclic) bond motifs is 7. The van der Waals surface area contributed by atoms with E-state index in [9.17, 15) is 19.2 Å². The highest BCUT2D eigenvalue weighted by Crippen LogP contribution is 2.15. The number of carboxylic acids is 2. The highest BCUT2D eigenvalue weighted by Gasteiger charge is 2.24. The van der Waals surface area contributed by atoms with Crippen molar-refractivity contribution >= 4 is 23.9 Å². The highest BCUT2D eigenvalue weighted by molar-refractivity contribution is 5.94. The summed E-state index contributed by atoms with van der Waals surface area (Å²) in [6.07, 6.45) is -0.906.